The van der Waals surface area contributed by atoms with Crippen LogP contribution >= 0.6 is 46.3 Å². The van der Waals surface area contributed by atoms with Gasteiger partial charge in [0.05, 0.1) is 16.2 Å². The molecule has 0 aliphatic rings. The average Bonchev–Trinajstić information content (AvgIpc) is 2.77. The highest BCUT2D eigenvalue weighted by Crippen LogP contribution is 2.31. The summed E-state index contributed by atoms with van der Waals surface area (Å²) in [4.78, 5) is 0. The van der Waals surface area contributed by atoms with Crippen molar-refractivity contribution in [3.8, 4) is 0 Å². The average molecular weight is 295 g/mol. The maximum absolute atomic E-state index is 6.05. The second-order valence-corrected chi connectivity index (χ2v) is 4.94. The summed E-state index contributed by atoms with van der Waals surface area (Å²) in [6.07, 6.45) is 1.64. The molecule has 0 unspecified atom stereocenters. The number of halogens is 3. The molecule has 1 N–H and O–H groups in total. The van der Waals surface area contributed by atoms with Gasteiger partial charge in [-0.1, -0.05) is 39.3 Å². The van der Waals surface area contributed by atoms with E-state index < -0.39 is 0 Å². The van der Waals surface area contributed by atoms with Gasteiger partial charge < -0.3 is 5.32 Å². The highest BCUT2D eigenvalue weighted by atomic mass is 35.5. The number of rotatable bonds is 3. The minimum absolute atomic E-state index is 0.471. The van der Waals surface area contributed by atoms with Crippen molar-refractivity contribution in [3.05, 3.63) is 39.0 Å². The van der Waals surface area contributed by atoms with Crippen LogP contribution in [0.4, 0.5) is 5.00 Å². The fourth-order valence-electron chi connectivity index (χ4n) is 1.15. The first-order valence-corrected chi connectivity index (χ1v) is 6.23. The van der Waals surface area contributed by atoms with Gasteiger partial charge in [-0.15, -0.1) is 5.10 Å². The molecular weight excluding hydrogens is 289 g/mol. The van der Waals surface area contributed by atoms with E-state index in [-0.39, 0.29) is 0 Å². The van der Waals surface area contributed by atoms with Gasteiger partial charge in [-0.3, -0.25) is 0 Å². The molecule has 2 aromatic rings. The zero-order valence-electron chi connectivity index (χ0n) is 7.88. The fraction of sp³-hybridized carbons (Fsp3) is 0.111. The molecule has 0 bridgehead atoms. The number of hydrogen-bond acceptors (Lipinski definition) is 4. The predicted molar refractivity (Wildman–Crippen MR) is 68.7 cm³/mol. The molecule has 0 saturated heterocycles. The maximum atomic E-state index is 6.05. The van der Waals surface area contributed by atoms with Crippen LogP contribution in [-0.2, 0) is 6.54 Å². The summed E-state index contributed by atoms with van der Waals surface area (Å²) in [6.45, 7) is 0.488. The molecule has 0 amide bonds. The van der Waals surface area contributed by atoms with Gasteiger partial charge >= 0.3 is 0 Å². The first kappa shape index (κ1) is 11.9. The van der Waals surface area contributed by atoms with Crippen LogP contribution < -0.4 is 5.32 Å². The normalized spacial score (nSPS) is 10.4. The van der Waals surface area contributed by atoms with Crippen molar-refractivity contribution in [1.29, 1.82) is 0 Å². The third kappa shape index (κ3) is 2.58. The molecule has 2 rings (SSSR count). The van der Waals surface area contributed by atoms with Crippen LogP contribution in [0.5, 0.6) is 0 Å². The van der Waals surface area contributed by atoms with Gasteiger partial charge in [0, 0.05) is 28.7 Å². The number of hydrogen-bond donors (Lipinski definition) is 1. The van der Waals surface area contributed by atoms with Gasteiger partial charge in [0.1, 0.15) is 5.00 Å². The summed E-state index contributed by atoms with van der Waals surface area (Å²) in [5.41, 5.74) is 0.768. The van der Waals surface area contributed by atoms with Crippen molar-refractivity contribution in [1.82, 2.24) is 9.59 Å². The van der Waals surface area contributed by atoms with Crippen molar-refractivity contribution < 1.29 is 0 Å². The number of nitrogens with zero attached hydrogens (tertiary/aromatic N) is 2. The Morgan fingerprint density at radius 1 is 1.19 bits per heavy atom. The molecule has 84 valence electrons. The van der Waals surface area contributed by atoms with Crippen LogP contribution in [0, 0.1) is 0 Å². The largest absolute Gasteiger partial charge is 0.370 e. The fourth-order valence-corrected chi connectivity index (χ4v) is 2.25. The monoisotopic (exact) mass is 293 g/mol. The van der Waals surface area contributed by atoms with Crippen LogP contribution in [0.25, 0.3) is 0 Å². The third-order valence-corrected chi connectivity index (χ3v) is 3.76. The lowest BCUT2D eigenvalue weighted by Crippen LogP contribution is -1.99. The number of aromatic nitrogens is 2. The van der Waals surface area contributed by atoms with Crippen LogP contribution in [0.3, 0.4) is 0 Å². The van der Waals surface area contributed by atoms with Crippen molar-refractivity contribution in [2.24, 2.45) is 0 Å². The Hall–Kier alpha value is -0.550. The molecule has 7 heteroatoms. The minimum atomic E-state index is 0.471. The molecule has 0 spiro atoms. The summed E-state index contributed by atoms with van der Waals surface area (Å²) in [7, 11) is 0. The number of benzene rings is 1. The molecular formula is C9H6Cl3N3S. The van der Waals surface area contributed by atoms with E-state index in [1.165, 1.54) is 11.5 Å². The first-order chi connectivity index (χ1) is 7.68. The summed E-state index contributed by atoms with van der Waals surface area (Å²) in [6, 6.07) is 3.39. The van der Waals surface area contributed by atoms with Crippen LogP contribution in [-0.4, -0.2) is 9.59 Å². The van der Waals surface area contributed by atoms with Gasteiger partial charge in [0.2, 0.25) is 0 Å². The second-order valence-electron chi connectivity index (χ2n) is 2.96. The van der Waals surface area contributed by atoms with Crippen molar-refractivity contribution >= 4 is 51.3 Å². The Morgan fingerprint density at radius 2 is 1.94 bits per heavy atom. The molecule has 1 aromatic heterocycles. The Kier molecular flexibility index (Phi) is 3.86. The lowest BCUT2D eigenvalue weighted by atomic mass is 10.2. The molecule has 1 aromatic carbocycles. The van der Waals surface area contributed by atoms with Crippen LogP contribution in [0.15, 0.2) is 18.3 Å². The molecule has 3 nitrogen and oxygen atoms in total. The van der Waals surface area contributed by atoms with Crippen molar-refractivity contribution in [2.45, 2.75) is 6.54 Å². The molecule has 0 atom stereocenters. The standard InChI is InChI=1S/C9H6Cl3N3S/c10-6-1-2-7(11)9(12)5(6)3-13-8-4-14-15-16-8/h1-2,4,13H,3H2. The van der Waals surface area contributed by atoms with Gasteiger partial charge in [0.15, 0.2) is 0 Å². The molecule has 0 radical (unpaired) electrons. The van der Waals surface area contributed by atoms with Gasteiger partial charge in [-0.2, -0.15) is 0 Å². The van der Waals surface area contributed by atoms with Crippen LogP contribution in [0.1, 0.15) is 5.56 Å². The van der Waals surface area contributed by atoms with Crippen molar-refractivity contribution in [2.75, 3.05) is 5.32 Å². The summed E-state index contributed by atoms with van der Waals surface area (Å²) in [5, 5.41) is 9.23. The van der Waals surface area contributed by atoms with E-state index in [1.54, 1.807) is 18.3 Å². The van der Waals surface area contributed by atoms with E-state index >= 15 is 0 Å². The van der Waals surface area contributed by atoms with Gasteiger partial charge in [-0.05, 0) is 12.1 Å². The summed E-state index contributed by atoms with van der Waals surface area (Å²) >= 11 is 19.3. The minimum Gasteiger partial charge on any atom is -0.370 e. The summed E-state index contributed by atoms with van der Waals surface area (Å²) in [5.74, 6) is 0. The number of anilines is 1. The summed E-state index contributed by atoms with van der Waals surface area (Å²) < 4.78 is 3.73. The molecule has 0 aliphatic carbocycles. The van der Waals surface area contributed by atoms with E-state index in [9.17, 15) is 0 Å². The SMILES string of the molecule is Clc1ccc(Cl)c(CNc2cnns2)c1Cl. The predicted octanol–water partition coefficient (Wildman–Crippen LogP) is 4.11. The van der Waals surface area contributed by atoms with Gasteiger partial charge in [-0.25, -0.2) is 0 Å². The molecule has 0 aliphatic heterocycles. The maximum Gasteiger partial charge on any atom is 0.130 e. The molecule has 1 heterocycles. The highest BCUT2D eigenvalue weighted by Gasteiger charge is 2.09. The molecule has 0 saturated carbocycles. The van der Waals surface area contributed by atoms with Crippen molar-refractivity contribution in [3.63, 3.8) is 0 Å². The topological polar surface area (TPSA) is 37.8 Å². The highest BCUT2D eigenvalue weighted by molar-refractivity contribution is 7.09. The van der Waals surface area contributed by atoms with E-state index in [1.807, 2.05) is 0 Å². The molecule has 16 heavy (non-hydrogen) atoms. The van der Waals surface area contributed by atoms with E-state index in [0.29, 0.717) is 21.6 Å². The molecule has 0 fully saturated rings. The third-order valence-electron chi connectivity index (χ3n) is 1.94. The lowest BCUT2D eigenvalue weighted by Gasteiger charge is -2.08. The zero-order valence-corrected chi connectivity index (χ0v) is 11.0. The number of nitrogens with one attached hydrogen (secondary N) is 1. The van der Waals surface area contributed by atoms with E-state index in [2.05, 4.69) is 14.9 Å². The Morgan fingerprint density at radius 3 is 2.62 bits per heavy atom. The van der Waals surface area contributed by atoms with Crippen LogP contribution in [0.2, 0.25) is 15.1 Å². The van der Waals surface area contributed by atoms with E-state index in [4.69, 9.17) is 34.8 Å². The lowest BCUT2D eigenvalue weighted by molar-refractivity contribution is 1.13. The Balaban J connectivity index is 2.18. The Labute approximate surface area is 112 Å². The van der Waals surface area contributed by atoms with Gasteiger partial charge in [0.25, 0.3) is 0 Å². The smallest absolute Gasteiger partial charge is 0.130 e. The quantitative estimate of drug-likeness (QED) is 0.866. The first-order valence-electron chi connectivity index (χ1n) is 4.32. The Bertz CT molecular complexity index is 487. The second kappa shape index (κ2) is 5.19. The zero-order chi connectivity index (χ0) is 11.5. The van der Waals surface area contributed by atoms with E-state index in [0.717, 1.165) is 10.6 Å².